The molecule has 7 heteroatoms. The fourth-order valence-electron chi connectivity index (χ4n) is 3.21. The van der Waals surface area contributed by atoms with E-state index in [1.54, 1.807) is 8.61 Å². The Labute approximate surface area is 129 Å². The third-order valence-corrected chi connectivity index (χ3v) is 6.22. The lowest BCUT2D eigenvalue weighted by Gasteiger charge is -2.38. The molecule has 0 bridgehead atoms. The molecule has 120 valence electrons. The van der Waals surface area contributed by atoms with Crippen molar-refractivity contribution in [3.05, 3.63) is 0 Å². The molecule has 2 heterocycles. The molecule has 0 saturated carbocycles. The van der Waals surface area contributed by atoms with Crippen LogP contribution in [0.4, 0.5) is 0 Å². The van der Waals surface area contributed by atoms with Gasteiger partial charge >= 0.3 is 0 Å². The molecule has 20 heavy (non-hydrogen) atoms. The van der Waals surface area contributed by atoms with E-state index >= 15 is 0 Å². The number of halogens is 1. The summed E-state index contributed by atoms with van der Waals surface area (Å²) in [6, 6.07) is 0. The van der Waals surface area contributed by atoms with Gasteiger partial charge in [-0.3, -0.25) is 0 Å². The van der Waals surface area contributed by atoms with Crippen LogP contribution >= 0.6 is 12.4 Å². The van der Waals surface area contributed by atoms with Crippen LogP contribution in [0.5, 0.6) is 0 Å². The molecule has 2 saturated heterocycles. The minimum Gasteiger partial charge on any atom is -0.319 e. The highest BCUT2D eigenvalue weighted by molar-refractivity contribution is 7.86. The van der Waals surface area contributed by atoms with Crippen molar-refractivity contribution < 1.29 is 8.42 Å². The van der Waals surface area contributed by atoms with Crippen LogP contribution in [0.25, 0.3) is 0 Å². The van der Waals surface area contributed by atoms with Crippen LogP contribution in [0.2, 0.25) is 0 Å². The average molecular weight is 326 g/mol. The zero-order chi connectivity index (χ0) is 13.9. The van der Waals surface area contributed by atoms with Gasteiger partial charge in [0.1, 0.15) is 0 Å². The van der Waals surface area contributed by atoms with Crippen molar-refractivity contribution in [2.45, 2.75) is 32.6 Å². The fourth-order valence-corrected chi connectivity index (χ4v) is 5.10. The van der Waals surface area contributed by atoms with E-state index in [-0.39, 0.29) is 12.4 Å². The maximum atomic E-state index is 12.7. The second kappa shape index (κ2) is 7.94. The van der Waals surface area contributed by atoms with Crippen LogP contribution in [-0.4, -0.2) is 56.8 Å². The number of nitrogens with zero attached hydrogens (tertiary/aromatic N) is 2. The second-order valence-corrected chi connectivity index (χ2v) is 7.97. The monoisotopic (exact) mass is 325 g/mol. The fraction of sp³-hybridized carbons (Fsp3) is 1.00. The number of piperidine rings is 2. The smallest absolute Gasteiger partial charge is 0.281 e. The maximum absolute atomic E-state index is 12.7. The SMILES string of the molecule is CNCC1CCCN(S(=O)(=O)N2CCCC(C)C2)C1.Cl. The second-order valence-electron chi connectivity index (χ2n) is 6.04. The standard InChI is InChI=1S/C13H27N3O2S.ClH/c1-12-5-3-7-15(10-12)19(17,18)16-8-4-6-13(11-16)9-14-2;/h12-14H,3-11H2,1-2H3;1H. The first-order valence-corrected chi connectivity index (χ1v) is 8.83. The molecular weight excluding hydrogens is 298 g/mol. The molecule has 0 radical (unpaired) electrons. The van der Waals surface area contributed by atoms with Crippen molar-refractivity contribution in [1.82, 2.24) is 13.9 Å². The molecule has 2 atom stereocenters. The summed E-state index contributed by atoms with van der Waals surface area (Å²) >= 11 is 0. The van der Waals surface area contributed by atoms with Gasteiger partial charge in [-0.1, -0.05) is 6.92 Å². The average Bonchev–Trinajstić information content (AvgIpc) is 2.39. The molecule has 0 aromatic carbocycles. The number of hydrogen-bond acceptors (Lipinski definition) is 3. The normalized spacial score (nSPS) is 29.9. The van der Waals surface area contributed by atoms with Crippen LogP contribution in [0, 0.1) is 11.8 Å². The molecular formula is C13H28ClN3O2S. The molecule has 2 unspecified atom stereocenters. The van der Waals surface area contributed by atoms with Crippen molar-refractivity contribution in [1.29, 1.82) is 0 Å². The largest absolute Gasteiger partial charge is 0.319 e. The van der Waals surface area contributed by atoms with Crippen LogP contribution in [-0.2, 0) is 10.2 Å². The Balaban J connectivity index is 0.00000200. The summed E-state index contributed by atoms with van der Waals surface area (Å²) in [6.45, 7) is 5.79. The molecule has 1 N–H and O–H groups in total. The molecule has 2 fully saturated rings. The van der Waals surface area contributed by atoms with Gasteiger partial charge in [0.15, 0.2) is 0 Å². The lowest BCUT2D eigenvalue weighted by atomic mass is 10.00. The van der Waals surface area contributed by atoms with Gasteiger partial charge in [0.25, 0.3) is 10.2 Å². The van der Waals surface area contributed by atoms with E-state index in [2.05, 4.69) is 12.2 Å². The van der Waals surface area contributed by atoms with E-state index in [1.807, 2.05) is 7.05 Å². The molecule has 2 aliphatic rings. The Hall–Kier alpha value is 0.120. The third kappa shape index (κ3) is 4.31. The van der Waals surface area contributed by atoms with E-state index in [9.17, 15) is 8.42 Å². The third-order valence-electron chi connectivity index (χ3n) is 4.25. The zero-order valence-electron chi connectivity index (χ0n) is 12.5. The zero-order valence-corrected chi connectivity index (χ0v) is 14.2. The minimum absolute atomic E-state index is 0. The van der Waals surface area contributed by atoms with Crippen molar-refractivity contribution in [3.63, 3.8) is 0 Å². The van der Waals surface area contributed by atoms with E-state index in [4.69, 9.17) is 0 Å². The van der Waals surface area contributed by atoms with E-state index in [0.29, 0.717) is 38.0 Å². The number of rotatable bonds is 4. The topological polar surface area (TPSA) is 52.7 Å². The molecule has 0 spiro atoms. The van der Waals surface area contributed by atoms with Gasteiger partial charge in [-0.2, -0.15) is 17.0 Å². The quantitative estimate of drug-likeness (QED) is 0.848. The van der Waals surface area contributed by atoms with Crippen molar-refractivity contribution in [2.75, 3.05) is 39.8 Å². The van der Waals surface area contributed by atoms with Crippen LogP contribution in [0.3, 0.4) is 0 Å². The molecule has 0 aliphatic carbocycles. The van der Waals surface area contributed by atoms with Crippen molar-refractivity contribution in [3.8, 4) is 0 Å². The van der Waals surface area contributed by atoms with Crippen molar-refractivity contribution >= 4 is 22.6 Å². The Kier molecular flexibility index (Phi) is 7.21. The van der Waals surface area contributed by atoms with E-state index < -0.39 is 10.2 Å². The Morgan fingerprint density at radius 2 is 1.70 bits per heavy atom. The van der Waals surface area contributed by atoms with Crippen molar-refractivity contribution in [2.24, 2.45) is 11.8 Å². The number of hydrogen-bond donors (Lipinski definition) is 1. The first-order valence-electron chi connectivity index (χ1n) is 7.44. The predicted molar refractivity (Wildman–Crippen MR) is 84.4 cm³/mol. The van der Waals surface area contributed by atoms with Crippen LogP contribution in [0.15, 0.2) is 0 Å². The van der Waals surface area contributed by atoms with E-state index in [0.717, 1.165) is 32.2 Å². The summed E-state index contributed by atoms with van der Waals surface area (Å²) in [7, 11) is -1.30. The van der Waals surface area contributed by atoms with Crippen LogP contribution < -0.4 is 5.32 Å². The van der Waals surface area contributed by atoms with Gasteiger partial charge in [-0.15, -0.1) is 12.4 Å². The molecule has 5 nitrogen and oxygen atoms in total. The Morgan fingerprint density at radius 3 is 2.30 bits per heavy atom. The summed E-state index contributed by atoms with van der Waals surface area (Å²) in [4.78, 5) is 0. The molecule has 2 aliphatic heterocycles. The summed E-state index contributed by atoms with van der Waals surface area (Å²) < 4.78 is 28.7. The first kappa shape index (κ1) is 18.2. The summed E-state index contributed by atoms with van der Waals surface area (Å²) in [5, 5.41) is 3.16. The summed E-state index contributed by atoms with van der Waals surface area (Å²) in [5.41, 5.74) is 0. The van der Waals surface area contributed by atoms with Gasteiger partial charge in [0, 0.05) is 26.2 Å². The van der Waals surface area contributed by atoms with E-state index in [1.165, 1.54) is 0 Å². The minimum atomic E-state index is -3.23. The number of nitrogens with one attached hydrogen (secondary N) is 1. The van der Waals surface area contributed by atoms with Gasteiger partial charge < -0.3 is 5.32 Å². The molecule has 2 rings (SSSR count). The van der Waals surface area contributed by atoms with Gasteiger partial charge in [-0.25, -0.2) is 0 Å². The molecule has 0 aromatic rings. The highest BCUT2D eigenvalue weighted by atomic mass is 35.5. The van der Waals surface area contributed by atoms with Gasteiger partial charge in [-0.05, 0) is 51.1 Å². The Bertz CT molecular complexity index is 389. The van der Waals surface area contributed by atoms with Crippen LogP contribution in [0.1, 0.15) is 32.6 Å². The summed E-state index contributed by atoms with van der Waals surface area (Å²) in [6.07, 6.45) is 4.25. The van der Waals surface area contributed by atoms with Gasteiger partial charge in [0.2, 0.25) is 0 Å². The predicted octanol–water partition coefficient (Wildman–Crippen LogP) is 1.32. The first-order chi connectivity index (χ1) is 9.04. The maximum Gasteiger partial charge on any atom is 0.281 e. The molecule has 0 aromatic heterocycles. The van der Waals surface area contributed by atoms with Gasteiger partial charge in [0.05, 0.1) is 0 Å². The highest BCUT2D eigenvalue weighted by Crippen LogP contribution is 2.24. The molecule has 0 amide bonds. The highest BCUT2D eigenvalue weighted by Gasteiger charge is 2.35. The lowest BCUT2D eigenvalue weighted by molar-refractivity contribution is 0.221. The Morgan fingerprint density at radius 1 is 1.10 bits per heavy atom. The summed E-state index contributed by atoms with van der Waals surface area (Å²) in [5.74, 6) is 0.942. The lowest BCUT2D eigenvalue weighted by Crippen LogP contribution is -2.51.